The maximum atomic E-state index is 11.4. The molecule has 0 unspecified atom stereocenters. The van der Waals surface area contributed by atoms with Crippen LogP contribution >= 0.6 is 15.9 Å². The number of hydrogen-bond acceptors (Lipinski definition) is 3. The summed E-state index contributed by atoms with van der Waals surface area (Å²) >= 11 is 3.38. The van der Waals surface area contributed by atoms with Gasteiger partial charge in [-0.2, -0.15) is 0 Å². The third kappa shape index (κ3) is 3.59. The highest BCUT2D eigenvalue weighted by Gasteiger charge is 2.08. The Morgan fingerprint density at radius 1 is 1.25 bits per heavy atom. The number of hydrazine groups is 1. The second-order valence-corrected chi connectivity index (χ2v) is 5.25. The van der Waals surface area contributed by atoms with Crippen LogP contribution in [0.4, 0.5) is 0 Å². The number of benzene rings is 2. The zero-order valence-electron chi connectivity index (χ0n) is 11.0. The minimum Gasteiger partial charge on any atom is -0.488 e. The van der Waals surface area contributed by atoms with Gasteiger partial charge in [-0.25, -0.2) is 5.84 Å². The fourth-order valence-electron chi connectivity index (χ4n) is 1.69. The van der Waals surface area contributed by atoms with E-state index in [0.717, 1.165) is 5.56 Å². The Labute approximate surface area is 126 Å². The Balaban J connectivity index is 2.06. The maximum Gasteiger partial charge on any atom is 0.265 e. The molecule has 0 spiro atoms. The van der Waals surface area contributed by atoms with Crippen LogP contribution in [0.3, 0.4) is 0 Å². The summed E-state index contributed by atoms with van der Waals surface area (Å²) in [4.78, 5) is 11.4. The van der Waals surface area contributed by atoms with E-state index in [4.69, 9.17) is 10.6 Å². The van der Waals surface area contributed by atoms with Crippen molar-refractivity contribution < 1.29 is 9.53 Å². The number of aryl methyl sites for hydroxylation is 1. The SMILES string of the molecule is Cc1ccc(COc2ccc(C(=O)NN)cc2Br)cc1. The Hall–Kier alpha value is -1.85. The van der Waals surface area contributed by atoms with Crippen LogP contribution < -0.4 is 16.0 Å². The van der Waals surface area contributed by atoms with Gasteiger partial charge in [-0.05, 0) is 46.6 Å². The lowest BCUT2D eigenvalue weighted by Crippen LogP contribution is -2.29. The summed E-state index contributed by atoms with van der Waals surface area (Å²) < 4.78 is 6.43. The van der Waals surface area contributed by atoms with E-state index in [1.165, 1.54) is 5.56 Å². The Kier molecular flexibility index (Phi) is 4.76. The van der Waals surface area contributed by atoms with Crippen LogP contribution in [0.25, 0.3) is 0 Å². The van der Waals surface area contributed by atoms with Gasteiger partial charge >= 0.3 is 0 Å². The van der Waals surface area contributed by atoms with E-state index in [1.54, 1.807) is 18.2 Å². The van der Waals surface area contributed by atoms with E-state index in [2.05, 4.69) is 21.4 Å². The van der Waals surface area contributed by atoms with Crippen LogP contribution in [0.2, 0.25) is 0 Å². The fraction of sp³-hybridized carbons (Fsp3) is 0.133. The Bertz CT molecular complexity index is 612. The molecule has 0 aliphatic carbocycles. The molecule has 0 fully saturated rings. The summed E-state index contributed by atoms with van der Waals surface area (Å²) in [6.45, 7) is 2.52. The van der Waals surface area contributed by atoms with Crippen molar-refractivity contribution in [3.8, 4) is 5.75 Å². The number of ether oxygens (including phenoxy) is 1. The number of carbonyl (C=O) groups excluding carboxylic acids is 1. The van der Waals surface area contributed by atoms with Crippen molar-refractivity contribution in [2.75, 3.05) is 0 Å². The third-order valence-electron chi connectivity index (χ3n) is 2.84. The monoisotopic (exact) mass is 334 g/mol. The van der Waals surface area contributed by atoms with Crippen molar-refractivity contribution in [3.05, 3.63) is 63.6 Å². The molecule has 0 aliphatic heterocycles. The number of halogens is 1. The molecule has 0 aromatic heterocycles. The minimum atomic E-state index is -0.337. The van der Waals surface area contributed by atoms with E-state index in [0.29, 0.717) is 22.4 Å². The summed E-state index contributed by atoms with van der Waals surface area (Å²) in [5, 5.41) is 0. The first-order chi connectivity index (χ1) is 9.60. The number of hydrogen-bond donors (Lipinski definition) is 2. The summed E-state index contributed by atoms with van der Waals surface area (Å²) in [6, 6.07) is 13.2. The number of amides is 1. The second-order valence-electron chi connectivity index (χ2n) is 4.39. The average Bonchev–Trinajstić information content (AvgIpc) is 2.46. The molecule has 0 radical (unpaired) electrons. The van der Waals surface area contributed by atoms with Gasteiger partial charge in [0.2, 0.25) is 0 Å². The van der Waals surface area contributed by atoms with Gasteiger partial charge in [0.25, 0.3) is 5.91 Å². The van der Waals surface area contributed by atoms with Crippen LogP contribution in [0, 0.1) is 6.92 Å². The van der Waals surface area contributed by atoms with Crippen molar-refractivity contribution >= 4 is 21.8 Å². The lowest BCUT2D eigenvalue weighted by atomic mass is 10.2. The molecular formula is C15H15BrN2O2. The summed E-state index contributed by atoms with van der Waals surface area (Å²) in [5.41, 5.74) is 4.87. The average molecular weight is 335 g/mol. The molecular weight excluding hydrogens is 320 g/mol. The molecule has 0 atom stereocenters. The Morgan fingerprint density at radius 2 is 1.95 bits per heavy atom. The van der Waals surface area contributed by atoms with Gasteiger partial charge in [-0.1, -0.05) is 29.8 Å². The number of nitrogens with one attached hydrogen (secondary N) is 1. The molecule has 2 rings (SSSR count). The van der Waals surface area contributed by atoms with Gasteiger partial charge in [0.1, 0.15) is 12.4 Å². The van der Waals surface area contributed by atoms with Gasteiger partial charge < -0.3 is 4.74 Å². The smallest absolute Gasteiger partial charge is 0.265 e. The number of nitrogen functional groups attached to an aromatic ring is 1. The van der Waals surface area contributed by atoms with Crippen molar-refractivity contribution in [1.29, 1.82) is 0 Å². The third-order valence-corrected chi connectivity index (χ3v) is 3.46. The van der Waals surface area contributed by atoms with Crippen molar-refractivity contribution in [1.82, 2.24) is 5.43 Å². The summed E-state index contributed by atoms with van der Waals surface area (Å²) in [5.74, 6) is 5.44. The fourth-order valence-corrected chi connectivity index (χ4v) is 2.18. The molecule has 104 valence electrons. The zero-order valence-corrected chi connectivity index (χ0v) is 12.6. The van der Waals surface area contributed by atoms with Crippen LogP contribution in [0.1, 0.15) is 21.5 Å². The van der Waals surface area contributed by atoms with Gasteiger partial charge in [0, 0.05) is 5.56 Å². The summed E-state index contributed by atoms with van der Waals surface area (Å²) in [7, 11) is 0. The highest BCUT2D eigenvalue weighted by atomic mass is 79.9. The predicted octanol–water partition coefficient (Wildman–Crippen LogP) is 2.94. The summed E-state index contributed by atoms with van der Waals surface area (Å²) in [6.07, 6.45) is 0. The van der Waals surface area contributed by atoms with Gasteiger partial charge in [-0.3, -0.25) is 10.2 Å². The quantitative estimate of drug-likeness (QED) is 0.513. The number of nitrogens with two attached hydrogens (primary N) is 1. The number of carbonyl (C=O) groups is 1. The van der Waals surface area contributed by atoms with E-state index in [9.17, 15) is 4.79 Å². The van der Waals surface area contributed by atoms with Gasteiger partial charge in [0.05, 0.1) is 4.47 Å². The van der Waals surface area contributed by atoms with Gasteiger partial charge in [-0.15, -0.1) is 0 Å². The van der Waals surface area contributed by atoms with E-state index in [1.807, 2.05) is 31.2 Å². The lowest BCUT2D eigenvalue weighted by molar-refractivity contribution is 0.0953. The number of rotatable bonds is 4. The van der Waals surface area contributed by atoms with Crippen molar-refractivity contribution in [2.45, 2.75) is 13.5 Å². The largest absolute Gasteiger partial charge is 0.488 e. The highest BCUT2D eigenvalue weighted by Crippen LogP contribution is 2.26. The molecule has 3 N–H and O–H groups in total. The normalized spacial score (nSPS) is 10.2. The molecule has 20 heavy (non-hydrogen) atoms. The second kappa shape index (κ2) is 6.54. The molecule has 0 saturated carbocycles. The molecule has 0 bridgehead atoms. The van der Waals surface area contributed by atoms with Crippen molar-refractivity contribution in [2.24, 2.45) is 5.84 Å². The van der Waals surface area contributed by atoms with E-state index < -0.39 is 0 Å². The van der Waals surface area contributed by atoms with Crippen LogP contribution in [0.15, 0.2) is 46.9 Å². The molecule has 2 aromatic carbocycles. The minimum absolute atomic E-state index is 0.337. The molecule has 1 amide bonds. The molecule has 0 aliphatic rings. The predicted molar refractivity (Wildman–Crippen MR) is 81.3 cm³/mol. The van der Waals surface area contributed by atoms with E-state index >= 15 is 0 Å². The molecule has 0 saturated heterocycles. The maximum absolute atomic E-state index is 11.4. The van der Waals surface area contributed by atoms with Gasteiger partial charge in [0.15, 0.2) is 0 Å². The first-order valence-electron chi connectivity index (χ1n) is 6.09. The standard InChI is InChI=1S/C15H15BrN2O2/c1-10-2-4-11(5-3-10)9-20-14-7-6-12(8-13(14)16)15(19)18-17/h2-8H,9,17H2,1H3,(H,18,19). The van der Waals surface area contributed by atoms with Crippen LogP contribution in [-0.2, 0) is 6.61 Å². The first kappa shape index (κ1) is 14.6. The molecule has 4 nitrogen and oxygen atoms in total. The molecule has 2 aromatic rings. The lowest BCUT2D eigenvalue weighted by Gasteiger charge is -2.09. The van der Waals surface area contributed by atoms with E-state index in [-0.39, 0.29) is 5.91 Å². The van der Waals surface area contributed by atoms with Crippen LogP contribution in [-0.4, -0.2) is 5.91 Å². The topological polar surface area (TPSA) is 64.3 Å². The van der Waals surface area contributed by atoms with Crippen LogP contribution in [0.5, 0.6) is 5.75 Å². The van der Waals surface area contributed by atoms with Crippen molar-refractivity contribution in [3.63, 3.8) is 0 Å². The zero-order chi connectivity index (χ0) is 14.5. The molecule has 5 heteroatoms. The first-order valence-corrected chi connectivity index (χ1v) is 6.88. The highest BCUT2D eigenvalue weighted by molar-refractivity contribution is 9.10. The Morgan fingerprint density at radius 3 is 2.55 bits per heavy atom. The molecule has 0 heterocycles.